The largest absolute Gasteiger partial charge is 0.490 e. The average molecular weight is 301 g/mol. The smallest absolute Gasteiger partial charge is 0.320 e. The molecule has 1 aliphatic heterocycles. The number of piperidine rings is 1. The molecule has 1 saturated heterocycles. The summed E-state index contributed by atoms with van der Waals surface area (Å²) in [6.07, 6.45) is 2.65. The Bertz CT molecular complexity index is 419. The normalized spacial score (nSPS) is 17.1. The van der Waals surface area contributed by atoms with Crippen molar-refractivity contribution in [2.75, 3.05) is 13.1 Å². The van der Waals surface area contributed by atoms with E-state index in [1.807, 2.05) is 24.3 Å². The quantitative estimate of drug-likeness (QED) is 0.761. The van der Waals surface area contributed by atoms with Gasteiger partial charge in [0.1, 0.15) is 17.9 Å². The molecule has 1 atom stereocenters. The molecule has 0 radical (unpaired) electrons. The maximum atomic E-state index is 10.7. The monoisotopic (exact) mass is 300 g/mol. The number of nitrogens with two attached hydrogens (primary N) is 1. The van der Waals surface area contributed by atoms with Crippen molar-refractivity contribution >= 4 is 18.4 Å². The first kappa shape index (κ1) is 16.8. The molecule has 112 valence electrons. The summed E-state index contributed by atoms with van der Waals surface area (Å²) in [7, 11) is 0. The van der Waals surface area contributed by atoms with Crippen LogP contribution in [0, 0.1) is 0 Å². The lowest BCUT2D eigenvalue weighted by Gasteiger charge is -2.23. The molecule has 1 heterocycles. The van der Waals surface area contributed by atoms with Gasteiger partial charge < -0.3 is 20.9 Å². The molecule has 4 N–H and O–H groups in total. The Hall–Kier alpha value is -1.30. The zero-order chi connectivity index (χ0) is 13.7. The highest BCUT2D eigenvalue weighted by Gasteiger charge is 2.15. The summed E-state index contributed by atoms with van der Waals surface area (Å²) >= 11 is 0. The van der Waals surface area contributed by atoms with E-state index < -0.39 is 12.0 Å². The number of aliphatic carboxylic acids is 1. The van der Waals surface area contributed by atoms with E-state index in [-0.39, 0.29) is 18.5 Å². The van der Waals surface area contributed by atoms with Gasteiger partial charge in [-0.05, 0) is 50.0 Å². The third-order valence-corrected chi connectivity index (χ3v) is 3.29. The van der Waals surface area contributed by atoms with E-state index in [1.54, 1.807) is 0 Å². The van der Waals surface area contributed by atoms with Crippen LogP contribution in [0.4, 0.5) is 0 Å². The summed E-state index contributed by atoms with van der Waals surface area (Å²) in [5.41, 5.74) is 6.41. The summed E-state index contributed by atoms with van der Waals surface area (Å²) < 4.78 is 5.88. The van der Waals surface area contributed by atoms with Gasteiger partial charge in [0.05, 0.1) is 0 Å². The van der Waals surface area contributed by atoms with E-state index in [9.17, 15) is 4.79 Å². The van der Waals surface area contributed by atoms with Gasteiger partial charge in [-0.1, -0.05) is 12.1 Å². The predicted octanol–water partition coefficient (Wildman–Crippen LogP) is 1.19. The fourth-order valence-electron chi connectivity index (χ4n) is 2.15. The van der Waals surface area contributed by atoms with Gasteiger partial charge in [-0.15, -0.1) is 12.4 Å². The van der Waals surface area contributed by atoms with Gasteiger partial charge in [0, 0.05) is 0 Å². The summed E-state index contributed by atoms with van der Waals surface area (Å²) in [4.78, 5) is 10.7. The molecule has 5 nitrogen and oxygen atoms in total. The number of nitrogens with one attached hydrogen (secondary N) is 1. The zero-order valence-corrected chi connectivity index (χ0v) is 12.1. The maximum absolute atomic E-state index is 10.7. The first-order valence-corrected chi connectivity index (χ1v) is 6.60. The number of carbonyl (C=O) groups is 1. The van der Waals surface area contributed by atoms with Gasteiger partial charge in [0.15, 0.2) is 0 Å². The van der Waals surface area contributed by atoms with Crippen molar-refractivity contribution in [1.82, 2.24) is 5.32 Å². The van der Waals surface area contributed by atoms with Crippen molar-refractivity contribution in [1.29, 1.82) is 0 Å². The van der Waals surface area contributed by atoms with E-state index in [2.05, 4.69) is 5.32 Å². The summed E-state index contributed by atoms with van der Waals surface area (Å²) in [6.45, 7) is 1.99. The molecule has 1 aromatic rings. The molecule has 0 aliphatic carbocycles. The van der Waals surface area contributed by atoms with Crippen LogP contribution in [-0.2, 0) is 11.2 Å². The molecule has 6 heteroatoms. The molecule has 1 aliphatic rings. The molecule has 1 aromatic carbocycles. The number of rotatable bonds is 5. The van der Waals surface area contributed by atoms with E-state index >= 15 is 0 Å². The van der Waals surface area contributed by atoms with Crippen LogP contribution in [0.25, 0.3) is 0 Å². The fraction of sp³-hybridized carbons (Fsp3) is 0.500. The third kappa shape index (κ3) is 5.00. The van der Waals surface area contributed by atoms with Crippen molar-refractivity contribution in [2.45, 2.75) is 31.4 Å². The maximum Gasteiger partial charge on any atom is 0.320 e. The second-order valence-electron chi connectivity index (χ2n) is 4.86. The lowest BCUT2D eigenvalue weighted by Crippen LogP contribution is -2.34. The van der Waals surface area contributed by atoms with Crippen molar-refractivity contribution in [2.24, 2.45) is 5.73 Å². The summed E-state index contributed by atoms with van der Waals surface area (Å²) in [5.74, 6) is -0.144. The molecule has 20 heavy (non-hydrogen) atoms. The highest BCUT2D eigenvalue weighted by atomic mass is 35.5. The molecular formula is C14H21ClN2O3. The Morgan fingerprint density at radius 2 is 1.95 bits per heavy atom. The number of carboxylic acid groups (broad SMARTS) is 1. The highest BCUT2D eigenvalue weighted by Crippen LogP contribution is 2.18. The Morgan fingerprint density at radius 1 is 1.35 bits per heavy atom. The second kappa shape index (κ2) is 8.09. The van der Waals surface area contributed by atoms with Crippen LogP contribution in [0.1, 0.15) is 18.4 Å². The Labute approximate surface area is 124 Å². The first-order chi connectivity index (χ1) is 9.15. The number of carboxylic acids is 1. The topological polar surface area (TPSA) is 84.6 Å². The molecule has 0 bridgehead atoms. The zero-order valence-electron chi connectivity index (χ0n) is 11.2. The fourth-order valence-corrected chi connectivity index (χ4v) is 2.15. The van der Waals surface area contributed by atoms with Crippen molar-refractivity contribution in [3.63, 3.8) is 0 Å². The second-order valence-corrected chi connectivity index (χ2v) is 4.86. The van der Waals surface area contributed by atoms with Gasteiger partial charge in [-0.25, -0.2) is 0 Å². The van der Waals surface area contributed by atoms with Gasteiger partial charge in [0.2, 0.25) is 0 Å². The van der Waals surface area contributed by atoms with Crippen molar-refractivity contribution < 1.29 is 14.6 Å². The Balaban J connectivity index is 0.00000200. The number of halogens is 1. The molecule has 1 unspecified atom stereocenters. The van der Waals surface area contributed by atoms with Crippen LogP contribution in [0.2, 0.25) is 0 Å². The van der Waals surface area contributed by atoms with Crippen LogP contribution in [0.3, 0.4) is 0 Å². The van der Waals surface area contributed by atoms with Crippen LogP contribution in [-0.4, -0.2) is 36.3 Å². The lowest BCUT2D eigenvalue weighted by molar-refractivity contribution is -0.138. The van der Waals surface area contributed by atoms with Crippen molar-refractivity contribution in [3.05, 3.63) is 29.8 Å². The number of benzene rings is 1. The minimum atomic E-state index is -0.977. The van der Waals surface area contributed by atoms with E-state index in [0.29, 0.717) is 6.42 Å². The molecule has 0 aromatic heterocycles. The number of hydrogen-bond acceptors (Lipinski definition) is 4. The molecule has 2 rings (SSSR count). The number of hydrogen-bond donors (Lipinski definition) is 3. The van der Waals surface area contributed by atoms with Gasteiger partial charge >= 0.3 is 5.97 Å². The average Bonchev–Trinajstić information content (AvgIpc) is 2.42. The standard InChI is InChI=1S/C14H20N2O3.ClH/c15-13(14(17)18)9-10-1-3-11(4-2-10)19-12-5-7-16-8-6-12;/h1-4,12-13,16H,5-9,15H2,(H,17,18);1H. The summed E-state index contributed by atoms with van der Waals surface area (Å²) in [6, 6.07) is 6.66. The molecule has 0 saturated carbocycles. The molecule has 0 amide bonds. The van der Waals surface area contributed by atoms with E-state index in [0.717, 1.165) is 37.2 Å². The minimum Gasteiger partial charge on any atom is -0.490 e. The first-order valence-electron chi connectivity index (χ1n) is 6.60. The van der Waals surface area contributed by atoms with Gasteiger partial charge in [-0.3, -0.25) is 4.79 Å². The van der Waals surface area contributed by atoms with Crippen LogP contribution in [0.5, 0.6) is 5.75 Å². The Kier molecular flexibility index (Phi) is 6.78. The Morgan fingerprint density at radius 3 is 2.50 bits per heavy atom. The minimum absolute atomic E-state index is 0. The lowest BCUT2D eigenvalue weighted by atomic mass is 10.1. The highest BCUT2D eigenvalue weighted by molar-refractivity contribution is 5.85. The van der Waals surface area contributed by atoms with E-state index in [1.165, 1.54) is 0 Å². The predicted molar refractivity (Wildman–Crippen MR) is 79.5 cm³/mol. The van der Waals surface area contributed by atoms with E-state index in [4.69, 9.17) is 15.6 Å². The van der Waals surface area contributed by atoms with Crippen LogP contribution in [0.15, 0.2) is 24.3 Å². The summed E-state index contributed by atoms with van der Waals surface area (Å²) in [5, 5.41) is 12.1. The van der Waals surface area contributed by atoms with Crippen molar-refractivity contribution in [3.8, 4) is 5.75 Å². The third-order valence-electron chi connectivity index (χ3n) is 3.29. The van der Waals surface area contributed by atoms with Crippen LogP contribution >= 0.6 is 12.4 Å². The molecule has 0 spiro atoms. The van der Waals surface area contributed by atoms with Gasteiger partial charge in [0.25, 0.3) is 0 Å². The van der Waals surface area contributed by atoms with Gasteiger partial charge in [-0.2, -0.15) is 0 Å². The SMILES string of the molecule is Cl.NC(Cc1ccc(OC2CCNCC2)cc1)C(=O)O. The molecular weight excluding hydrogens is 280 g/mol. The molecule has 1 fully saturated rings. The number of ether oxygens (including phenoxy) is 1. The van der Waals surface area contributed by atoms with Crippen LogP contribution < -0.4 is 15.8 Å².